The van der Waals surface area contributed by atoms with E-state index in [0.717, 1.165) is 10.3 Å². The minimum atomic E-state index is -0.645. The molecule has 3 aromatic rings. The minimum absolute atomic E-state index is 0.226. The van der Waals surface area contributed by atoms with Crippen molar-refractivity contribution in [1.29, 1.82) is 0 Å². The molecule has 28 heavy (non-hydrogen) atoms. The molecular formula is C22H15NO5. The Morgan fingerprint density at radius 1 is 0.857 bits per heavy atom. The molecule has 1 aliphatic rings. The number of carbonyl (C=O) groups excluding carboxylic acids is 4. The van der Waals surface area contributed by atoms with Crippen molar-refractivity contribution in [2.24, 2.45) is 0 Å². The number of anilines is 1. The maximum atomic E-state index is 13.0. The summed E-state index contributed by atoms with van der Waals surface area (Å²) in [6.07, 6.45) is 0. The summed E-state index contributed by atoms with van der Waals surface area (Å²) in [5.41, 5.74) is 1.49. The molecule has 0 atom stereocenters. The second kappa shape index (κ2) is 6.74. The summed E-state index contributed by atoms with van der Waals surface area (Å²) in [5, 5.41) is 1.49. The molecule has 0 aliphatic carbocycles. The average Bonchev–Trinajstić information content (AvgIpc) is 2.70. The van der Waals surface area contributed by atoms with Crippen LogP contribution in [0.3, 0.4) is 0 Å². The number of amides is 2. The van der Waals surface area contributed by atoms with Crippen LogP contribution in [0.2, 0.25) is 0 Å². The van der Waals surface area contributed by atoms with E-state index in [9.17, 15) is 19.2 Å². The molecule has 3 aromatic carbocycles. The van der Waals surface area contributed by atoms with Crippen LogP contribution in [0.25, 0.3) is 10.8 Å². The van der Waals surface area contributed by atoms with Crippen LogP contribution in [-0.2, 0) is 9.53 Å². The standard InChI is InChI=1S/C22H15NO5/c1-13(24)12-28-22(27)15-8-10-16(11-9-15)23-20(25)17-6-2-4-14-5-3-7-18(19(14)17)21(23)26/h2-11H,12H2,1H3. The molecule has 0 unspecified atom stereocenters. The van der Waals surface area contributed by atoms with Crippen molar-refractivity contribution in [3.05, 3.63) is 77.4 Å². The zero-order chi connectivity index (χ0) is 19.8. The van der Waals surface area contributed by atoms with Gasteiger partial charge in [-0.05, 0) is 48.7 Å². The van der Waals surface area contributed by atoms with Crippen LogP contribution in [0, 0.1) is 0 Å². The number of nitrogens with zero attached hydrogens (tertiary/aromatic N) is 1. The first-order chi connectivity index (χ1) is 13.5. The van der Waals surface area contributed by atoms with Gasteiger partial charge in [0, 0.05) is 16.5 Å². The molecule has 0 saturated carbocycles. The lowest BCUT2D eigenvalue weighted by atomic mass is 9.94. The van der Waals surface area contributed by atoms with Crippen LogP contribution in [-0.4, -0.2) is 30.2 Å². The highest BCUT2D eigenvalue weighted by Crippen LogP contribution is 2.32. The lowest BCUT2D eigenvalue weighted by Gasteiger charge is -2.27. The molecule has 0 spiro atoms. The van der Waals surface area contributed by atoms with E-state index >= 15 is 0 Å². The van der Waals surface area contributed by atoms with Gasteiger partial charge in [-0.15, -0.1) is 0 Å². The van der Waals surface area contributed by atoms with Gasteiger partial charge in [-0.25, -0.2) is 9.69 Å². The maximum Gasteiger partial charge on any atom is 0.338 e. The van der Waals surface area contributed by atoms with Crippen molar-refractivity contribution >= 4 is 40.0 Å². The van der Waals surface area contributed by atoms with Crippen LogP contribution in [0.4, 0.5) is 5.69 Å². The third-order valence-electron chi connectivity index (χ3n) is 4.54. The van der Waals surface area contributed by atoms with Crippen molar-refractivity contribution in [2.75, 3.05) is 11.5 Å². The first-order valence-electron chi connectivity index (χ1n) is 8.64. The number of ether oxygens (including phenoxy) is 1. The normalized spacial score (nSPS) is 13.0. The van der Waals surface area contributed by atoms with E-state index in [1.54, 1.807) is 24.3 Å². The molecular weight excluding hydrogens is 358 g/mol. The van der Waals surface area contributed by atoms with Crippen LogP contribution in [0.5, 0.6) is 0 Å². The van der Waals surface area contributed by atoms with Gasteiger partial charge >= 0.3 is 5.97 Å². The lowest BCUT2D eigenvalue weighted by molar-refractivity contribution is -0.120. The number of imide groups is 1. The molecule has 138 valence electrons. The molecule has 1 heterocycles. The van der Waals surface area contributed by atoms with Crippen LogP contribution < -0.4 is 4.90 Å². The second-order valence-corrected chi connectivity index (χ2v) is 6.48. The predicted molar refractivity (Wildman–Crippen MR) is 102 cm³/mol. The number of Topliss-reactive ketones (excluding diaryl/α,β-unsaturated/α-hetero) is 1. The zero-order valence-corrected chi connectivity index (χ0v) is 15.0. The van der Waals surface area contributed by atoms with E-state index in [4.69, 9.17) is 4.74 Å². The van der Waals surface area contributed by atoms with E-state index in [1.165, 1.54) is 31.2 Å². The molecule has 6 heteroatoms. The summed E-state index contributed by atoms with van der Waals surface area (Å²) >= 11 is 0. The second-order valence-electron chi connectivity index (χ2n) is 6.48. The monoisotopic (exact) mass is 373 g/mol. The smallest absolute Gasteiger partial charge is 0.338 e. The Bertz CT molecular complexity index is 1100. The van der Waals surface area contributed by atoms with Gasteiger partial charge in [-0.1, -0.05) is 24.3 Å². The van der Waals surface area contributed by atoms with E-state index in [1.807, 2.05) is 12.1 Å². The van der Waals surface area contributed by atoms with Crippen molar-refractivity contribution in [2.45, 2.75) is 6.92 Å². The van der Waals surface area contributed by atoms with E-state index < -0.39 is 17.8 Å². The zero-order valence-electron chi connectivity index (χ0n) is 15.0. The first kappa shape index (κ1) is 17.6. The third-order valence-corrected chi connectivity index (χ3v) is 4.54. The Morgan fingerprint density at radius 2 is 1.43 bits per heavy atom. The summed E-state index contributed by atoms with van der Waals surface area (Å²) < 4.78 is 4.87. The summed E-state index contributed by atoms with van der Waals surface area (Å²) in [7, 11) is 0. The topological polar surface area (TPSA) is 80.8 Å². The molecule has 6 nitrogen and oxygen atoms in total. The van der Waals surface area contributed by atoms with Gasteiger partial charge in [0.25, 0.3) is 11.8 Å². The van der Waals surface area contributed by atoms with E-state index in [2.05, 4.69) is 0 Å². The summed E-state index contributed by atoms with van der Waals surface area (Å²) in [5.74, 6) is -1.74. The number of ketones is 1. The predicted octanol–water partition coefficient (Wildman–Crippen LogP) is 3.39. The molecule has 2 amide bonds. The Balaban J connectivity index is 1.69. The molecule has 0 saturated heterocycles. The summed E-state index contributed by atoms with van der Waals surface area (Å²) in [6, 6.07) is 16.6. The van der Waals surface area contributed by atoms with Crippen LogP contribution in [0.1, 0.15) is 38.0 Å². The Morgan fingerprint density at radius 3 is 1.96 bits per heavy atom. The van der Waals surface area contributed by atoms with Crippen LogP contribution >= 0.6 is 0 Å². The largest absolute Gasteiger partial charge is 0.454 e. The molecule has 0 N–H and O–H groups in total. The van der Waals surface area contributed by atoms with Gasteiger partial charge in [-0.2, -0.15) is 0 Å². The van der Waals surface area contributed by atoms with Crippen LogP contribution in [0.15, 0.2) is 60.7 Å². The fraction of sp³-hybridized carbons (Fsp3) is 0.0909. The van der Waals surface area contributed by atoms with Gasteiger partial charge in [0.1, 0.15) is 6.61 Å². The highest BCUT2D eigenvalue weighted by Gasteiger charge is 2.33. The van der Waals surface area contributed by atoms with Gasteiger partial charge in [0.2, 0.25) is 0 Å². The average molecular weight is 373 g/mol. The highest BCUT2D eigenvalue weighted by atomic mass is 16.5. The lowest BCUT2D eigenvalue weighted by Crippen LogP contribution is -2.40. The molecule has 0 fully saturated rings. The number of hydrogen-bond acceptors (Lipinski definition) is 5. The number of carbonyl (C=O) groups is 4. The fourth-order valence-electron chi connectivity index (χ4n) is 3.26. The van der Waals surface area contributed by atoms with Crippen molar-refractivity contribution < 1.29 is 23.9 Å². The molecule has 0 aromatic heterocycles. The minimum Gasteiger partial charge on any atom is -0.454 e. The van der Waals surface area contributed by atoms with Gasteiger partial charge < -0.3 is 4.74 Å². The molecule has 0 radical (unpaired) electrons. The van der Waals surface area contributed by atoms with E-state index in [0.29, 0.717) is 22.2 Å². The van der Waals surface area contributed by atoms with Crippen molar-refractivity contribution in [3.8, 4) is 0 Å². The quantitative estimate of drug-likeness (QED) is 0.517. The van der Waals surface area contributed by atoms with Crippen molar-refractivity contribution in [1.82, 2.24) is 0 Å². The number of benzene rings is 3. The Hall–Kier alpha value is -3.80. The fourth-order valence-corrected chi connectivity index (χ4v) is 3.26. The van der Waals surface area contributed by atoms with Gasteiger partial charge in [-0.3, -0.25) is 14.4 Å². The molecule has 0 bridgehead atoms. The number of hydrogen-bond donors (Lipinski definition) is 0. The maximum absolute atomic E-state index is 13.0. The van der Waals surface area contributed by atoms with Crippen molar-refractivity contribution in [3.63, 3.8) is 0 Å². The number of esters is 1. The first-order valence-corrected chi connectivity index (χ1v) is 8.64. The SMILES string of the molecule is CC(=O)COC(=O)c1ccc(N2C(=O)c3cccc4cccc(c34)C2=O)cc1. The Kier molecular flexibility index (Phi) is 4.24. The van der Waals surface area contributed by atoms with Gasteiger partial charge in [0.05, 0.1) is 11.3 Å². The highest BCUT2D eigenvalue weighted by molar-refractivity contribution is 6.35. The van der Waals surface area contributed by atoms with E-state index in [-0.39, 0.29) is 18.0 Å². The summed E-state index contributed by atoms with van der Waals surface area (Å²) in [6.45, 7) is 1.02. The van der Waals surface area contributed by atoms with Gasteiger partial charge in [0.15, 0.2) is 5.78 Å². The molecule has 4 rings (SSSR count). The molecule has 1 aliphatic heterocycles. The number of rotatable bonds is 4. The Labute approximate surface area is 160 Å². The third kappa shape index (κ3) is 2.85. The summed E-state index contributed by atoms with van der Waals surface area (Å²) in [4.78, 5) is 49.9.